The van der Waals surface area contributed by atoms with Crippen molar-refractivity contribution in [2.75, 3.05) is 0 Å². The molecule has 1 aromatic heterocycles. The lowest BCUT2D eigenvalue weighted by Gasteiger charge is -2.09. The van der Waals surface area contributed by atoms with Gasteiger partial charge in [-0.3, -0.25) is 0 Å². The molecular formula is C15H10Cl2N2O. The van der Waals surface area contributed by atoms with Crippen molar-refractivity contribution in [1.82, 2.24) is 9.97 Å². The predicted molar refractivity (Wildman–Crippen MR) is 80.9 cm³/mol. The van der Waals surface area contributed by atoms with Crippen molar-refractivity contribution in [3.63, 3.8) is 0 Å². The molecule has 0 radical (unpaired) electrons. The van der Waals surface area contributed by atoms with Gasteiger partial charge in [-0.05, 0) is 24.3 Å². The van der Waals surface area contributed by atoms with E-state index in [1.165, 1.54) is 0 Å². The van der Waals surface area contributed by atoms with Crippen molar-refractivity contribution in [2.24, 2.45) is 0 Å². The Bertz CT molecular complexity index is 790. The maximum atomic E-state index is 9.31. The molecule has 1 N–H and O–H groups in total. The fourth-order valence-corrected chi connectivity index (χ4v) is 2.48. The van der Waals surface area contributed by atoms with Crippen molar-refractivity contribution in [3.8, 4) is 11.3 Å². The molecule has 0 amide bonds. The van der Waals surface area contributed by atoms with Gasteiger partial charge in [-0.25, -0.2) is 9.97 Å². The molecule has 0 aliphatic heterocycles. The van der Waals surface area contributed by atoms with Crippen LogP contribution in [0.5, 0.6) is 0 Å². The molecule has 3 aromatic rings. The van der Waals surface area contributed by atoms with Crippen LogP contribution >= 0.6 is 23.2 Å². The summed E-state index contributed by atoms with van der Waals surface area (Å²) in [6.45, 7) is -0.226. The highest BCUT2D eigenvalue weighted by molar-refractivity contribution is 6.34. The molecule has 2 aromatic carbocycles. The van der Waals surface area contributed by atoms with Gasteiger partial charge in [-0.15, -0.1) is 0 Å². The van der Waals surface area contributed by atoms with Gasteiger partial charge in [0.15, 0.2) is 5.82 Å². The van der Waals surface area contributed by atoms with Crippen molar-refractivity contribution in [3.05, 3.63) is 58.3 Å². The van der Waals surface area contributed by atoms with Crippen molar-refractivity contribution in [2.45, 2.75) is 6.61 Å². The number of rotatable bonds is 2. The molecule has 0 aliphatic carbocycles. The molecule has 3 rings (SSSR count). The average Bonchev–Trinajstić information content (AvgIpc) is 2.47. The van der Waals surface area contributed by atoms with Crippen LogP contribution in [0.15, 0.2) is 42.5 Å². The van der Waals surface area contributed by atoms with Gasteiger partial charge in [-0.1, -0.05) is 41.4 Å². The number of halogens is 2. The molecule has 0 saturated carbocycles. The first-order valence-corrected chi connectivity index (χ1v) is 6.76. The van der Waals surface area contributed by atoms with Crippen LogP contribution in [0.3, 0.4) is 0 Å². The lowest BCUT2D eigenvalue weighted by Crippen LogP contribution is -1.98. The Kier molecular flexibility index (Phi) is 3.57. The second kappa shape index (κ2) is 5.37. The lowest BCUT2D eigenvalue weighted by molar-refractivity contribution is 0.272. The summed E-state index contributed by atoms with van der Waals surface area (Å²) in [5.41, 5.74) is 2.19. The maximum Gasteiger partial charge on any atom is 0.155 e. The summed E-state index contributed by atoms with van der Waals surface area (Å²) >= 11 is 12.3. The van der Waals surface area contributed by atoms with E-state index in [1.807, 2.05) is 18.2 Å². The van der Waals surface area contributed by atoms with Crippen molar-refractivity contribution >= 4 is 34.1 Å². The highest BCUT2D eigenvalue weighted by Crippen LogP contribution is 2.32. The summed E-state index contributed by atoms with van der Waals surface area (Å²) < 4.78 is 0. The van der Waals surface area contributed by atoms with Gasteiger partial charge < -0.3 is 5.11 Å². The molecule has 20 heavy (non-hydrogen) atoms. The normalized spacial score (nSPS) is 10.9. The second-order valence-electron chi connectivity index (χ2n) is 4.29. The minimum Gasteiger partial charge on any atom is -0.388 e. The van der Waals surface area contributed by atoms with E-state index in [1.54, 1.807) is 24.3 Å². The SMILES string of the molecule is OCc1nc(-c2ccccc2Cl)c2cc(Cl)ccc2n1. The molecular weight excluding hydrogens is 295 g/mol. The molecule has 5 heteroatoms. The van der Waals surface area contributed by atoms with Gasteiger partial charge in [0.1, 0.15) is 6.61 Å². The van der Waals surface area contributed by atoms with Crippen LogP contribution in [0.1, 0.15) is 5.82 Å². The molecule has 0 saturated heterocycles. The number of nitrogens with zero attached hydrogens (tertiary/aromatic N) is 2. The summed E-state index contributed by atoms with van der Waals surface area (Å²) in [6.07, 6.45) is 0. The minimum absolute atomic E-state index is 0.226. The van der Waals surface area contributed by atoms with E-state index in [-0.39, 0.29) is 6.61 Å². The third-order valence-corrected chi connectivity index (χ3v) is 3.54. The first-order valence-electron chi connectivity index (χ1n) is 6.01. The fourth-order valence-electron chi connectivity index (χ4n) is 2.08. The number of fused-ring (bicyclic) bond motifs is 1. The summed E-state index contributed by atoms with van der Waals surface area (Å²) in [7, 11) is 0. The smallest absolute Gasteiger partial charge is 0.155 e. The van der Waals surface area contributed by atoms with Gasteiger partial charge in [-0.2, -0.15) is 0 Å². The second-order valence-corrected chi connectivity index (χ2v) is 5.13. The summed E-state index contributed by atoms with van der Waals surface area (Å²) in [5.74, 6) is 0.356. The first kappa shape index (κ1) is 13.3. The zero-order valence-corrected chi connectivity index (χ0v) is 11.9. The lowest BCUT2D eigenvalue weighted by atomic mass is 10.1. The number of hydrogen-bond acceptors (Lipinski definition) is 3. The number of aliphatic hydroxyl groups is 1. The molecule has 3 nitrogen and oxygen atoms in total. The van der Waals surface area contributed by atoms with Crippen LogP contribution in [0.4, 0.5) is 0 Å². The van der Waals surface area contributed by atoms with E-state index >= 15 is 0 Å². The Morgan fingerprint density at radius 3 is 2.55 bits per heavy atom. The fraction of sp³-hybridized carbons (Fsp3) is 0.0667. The maximum absolute atomic E-state index is 9.31. The molecule has 0 spiro atoms. The van der Waals surface area contributed by atoms with E-state index in [0.29, 0.717) is 21.6 Å². The molecule has 0 aliphatic rings. The Morgan fingerprint density at radius 2 is 1.80 bits per heavy atom. The van der Waals surface area contributed by atoms with E-state index in [2.05, 4.69) is 9.97 Å². The van der Waals surface area contributed by atoms with Gasteiger partial charge in [0.05, 0.1) is 11.2 Å². The number of aromatic nitrogens is 2. The summed E-state index contributed by atoms with van der Waals surface area (Å²) in [5, 5.41) is 11.3. The minimum atomic E-state index is -0.226. The molecule has 0 unspecified atom stereocenters. The zero-order chi connectivity index (χ0) is 14.1. The Balaban J connectivity index is 2.38. The Labute approximate surface area is 125 Å². The van der Waals surface area contributed by atoms with E-state index in [9.17, 15) is 5.11 Å². The van der Waals surface area contributed by atoms with E-state index < -0.39 is 0 Å². The number of aliphatic hydroxyl groups excluding tert-OH is 1. The van der Waals surface area contributed by atoms with Crippen LogP contribution in [0, 0.1) is 0 Å². The molecule has 0 atom stereocenters. The third-order valence-electron chi connectivity index (χ3n) is 2.97. The Morgan fingerprint density at radius 1 is 1.00 bits per heavy atom. The summed E-state index contributed by atoms with van der Waals surface area (Å²) in [6, 6.07) is 12.8. The van der Waals surface area contributed by atoms with E-state index in [4.69, 9.17) is 23.2 Å². The quantitative estimate of drug-likeness (QED) is 0.775. The molecule has 100 valence electrons. The molecule has 0 fully saturated rings. The Hall–Kier alpha value is -1.68. The van der Waals surface area contributed by atoms with Crippen LogP contribution in [0.2, 0.25) is 10.0 Å². The van der Waals surface area contributed by atoms with Gasteiger partial charge in [0, 0.05) is 21.0 Å². The number of benzene rings is 2. The summed E-state index contributed by atoms with van der Waals surface area (Å²) in [4.78, 5) is 8.68. The van der Waals surface area contributed by atoms with Crippen molar-refractivity contribution in [1.29, 1.82) is 0 Å². The van der Waals surface area contributed by atoms with Crippen molar-refractivity contribution < 1.29 is 5.11 Å². The average molecular weight is 305 g/mol. The van der Waals surface area contributed by atoms with Crippen LogP contribution < -0.4 is 0 Å². The highest BCUT2D eigenvalue weighted by Gasteiger charge is 2.12. The van der Waals surface area contributed by atoms with Crippen LogP contribution in [-0.2, 0) is 6.61 Å². The van der Waals surface area contributed by atoms with Gasteiger partial charge in [0.2, 0.25) is 0 Å². The van der Waals surface area contributed by atoms with Crippen LogP contribution in [0.25, 0.3) is 22.2 Å². The standard InChI is InChI=1S/C15H10Cl2N2O/c16-9-5-6-13-11(7-9)15(19-14(8-20)18-13)10-3-1-2-4-12(10)17/h1-7,20H,8H2. The first-order chi connectivity index (χ1) is 9.69. The molecule has 1 heterocycles. The monoisotopic (exact) mass is 304 g/mol. The van der Waals surface area contributed by atoms with Crippen LogP contribution in [-0.4, -0.2) is 15.1 Å². The van der Waals surface area contributed by atoms with E-state index in [0.717, 1.165) is 16.5 Å². The topological polar surface area (TPSA) is 46.0 Å². The van der Waals surface area contributed by atoms with Gasteiger partial charge >= 0.3 is 0 Å². The number of hydrogen-bond donors (Lipinski definition) is 1. The molecule has 0 bridgehead atoms. The highest BCUT2D eigenvalue weighted by atomic mass is 35.5. The zero-order valence-electron chi connectivity index (χ0n) is 10.3. The predicted octanol–water partition coefficient (Wildman–Crippen LogP) is 4.10. The third kappa shape index (κ3) is 2.36. The largest absolute Gasteiger partial charge is 0.388 e. The van der Waals surface area contributed by atoms with Gasteiger partial charge in [0.25, 0.3) is 0 Å².